The molecule has 1 aromatic heterocycles. The third-order valence-corrected chi connectivity index (χ3v) is 6.38. The number of hydrogen-bond donors (Lipinski definition) is 1. The molecule has 1 heterocycles. The molecule has 1 saturated carbocycles. The lowest BCUT2D eigenvalue weighted by Gasteiger charge is -2.21. The summed E-state index contributed by atoms with van der Waals surface area (Å²) in [6.07, 6.45) is 13.2. The lowest BCUT2D eigenvalue weighted by atomic mass is 9.97. The zero-order valence-corrected chi connectivity index (χ0v) is 18.4. The second-order valence-electron chi connectivity index (χ2n) is 7.75. The first-order valence-electron chi connectivity index (χ1n) is 10.6. The monoisotopic (exact) mass is 426 g/mol. The topological polar surface area (TPSA) is 75.2 Å². The van der Waals surface area contributed by atoms with Crippen LogP contribution in [0.5, 0.6) is 0 Å². The van der Waals surface area contributed by atoms with E-state index in [2.05, 4.69) is 15.3 Å². The Kier molecular flexibility index (Phi) is 8.68. The molecule has 0 bridgehead atoms. The highest BCUT2D eigenvalue weighted by atomic mass is 32.2. The normalized spacial score (nSPS) is 15.1. The minimum Gasteiger partial charge on any atom is -0.353 e. The molecule has 2 amide bonds. The Balaban J connectivity index is 1.56. The molecule has 1 aliphatic rings. The molecule has 0 unspecified atom stereocenters. The van der Waals surface area contributed by atoms with Gasteiger partial charge in [0.2, 0.25) is 5.91 Å². The average Bonchev–Trinajstić information content (AvgIpc) is 2.74. The van der Waals surface area contributed by atoms with Crippen molar-refractivity contribution in [3.8, 4) is 0 Å². The van der Waals surface area contributed by atoms with E-state index in [0.29, 0.717) is 17.9 Å². The minimum absolute atomic E-state index is 0.0424. The Morgan fingerprint density at radius 3 is 2.57 bits per heavy atom. The maximum atomic E-state index is 13.0. The molecule has 3 rings (SSSR count). The summed E-state index contributed by atoms with van der Waals surface area (Å²) in [5.74, 6) is 0.263. The molecule has 0 saturated heterocycles. The Labute approximate surface area is 182 Å². The second kappa shape index (κ2) is 11.7. The van der Waals surface area contributed by atoms with Gasteiger partial charge in [-0.2, -0.15) is 0 Å². The Hall–Kier alpha value is -2.41. The molecule has 160 valence electrons. The smallest absolute Gasteiger partial charge is 0.255 e. The highest BCUT2D eigenvalue weighted by Crippen LogP contribution is 2.24. The van der Waals surface area contributed by atoms with Crippen molar-refractivity contribution in [2.45, 2.75) is 62.4 Å². The number of thioether (sulfide) groups is 1. The van der Waals surface area contributed by atoms with Crippen LogP contribution in [0.3, 0.4) is 0 Å². The van der Waals surface area contributed by atoms with Crippen LogP contribution < -0.4 is 5.32 Å². The number of aromatic nitrogens is 2. The van der Waals surface area contributed by atoms with E-state index >= 15 is 0 Å². The first-order chi connectivity index (χ1) is 14.6. The average molecular weight is 427 g/mol. The molecule has 1 aliphatic carbocycles. The number of benzene rings is 1. The highest BCUT2D eigenvalue weighted by Gasteiger charge is 2.18. The fraction of sp³-hybridized carbons (Fsp3) is 0.478. The van der Waals surface area contributed by atoms with Crippen molar-refractivity contribution in [3.63, 3.8) is 0 Å². The minimum atomic E-state index is -0.0934. The van der Waals surface area contributed by atoms with Crippen molar-refractivity contribution in [3.05, 3.63) is 54.1 Å². The van der Waals surface area contributed by atoms with E-state index in [0.717, 1.165) is 23.4 Å². The van der Waals surface area contributed by atoms with Crippen molar-refractivity contribution in [1.82, 2.24) is 20.2 Å². The van der Waals surface area contributed by atoms with Crippen LogP contribution in [0.25, 0.3) is 0 Å². The van der Waals surface area contributed by atoms with Crippen molar-refractivity contribution in [2.75, 3.05) is 12.8 Å². The zero-order valence-electron chi connectivity index (χ0n) is 17.5. The van der Waals surface area contributed by atoms with Crippen LogP contribution in [-0.4, -0.2) is 45.5 Å². The molecule has 0 aliphatic heterocycles. The van der Waals surface area contributed by atoms with Gasteiger partial charge in [0, 0.05) is 30.4 Å². The summed E-state index contributed by atoms with van der Waals surface area (Å²) in [5.41, 5.74) is 1.34. The maximum absolute atomic E-state index is 13.0. The number of rotatable bonds is 7. The van der Waals surface area contributed by atoms with E-state index in [9.17, 15) is 9.59 Å². The number of carbonyl (C=O) groups excluding carboxylic acids is 2. The fourth-order valence-electron chi connectivity index (χ4n) is 3.71. The Morgan fingerprint density at radius 1 is 1.10 bits per heavy atom. The molecule has 1 aromatic carbocycles. The van der Waals surface area contributed by atoms with Crippen LogP contribution in [0.4, 0.5) is 0 Å². The molecule has 0 radical (unpaired) electrons. The molecule has 1 fully saturated rings. The molecule has 6 nitrogen and oxygen atoms in total. The van der Waals surface area contributed by atoms with Gasteiger partial charge < -0.3 is 10.2 Å². The highest BCUT2D eigenvalue weighted by molar-refractivity contribution is 8.00. The third kappa shape index (κ3) is 6.83. The number of nitrogens with one attached hydrogen (secondary N) is 1. The number of hydrogen-bond acceptors (Lipinski definition) is 5. The van der Waals surface area contributed by atoms with Gasteiger partial charge in [0.25, 0.3) is 5.91 Å². The maximum Gasteiger partial charge on any atom is 0.255 e. The van der Waals surface area contributed by atoms with Crippen molar-refractivity contribution >= 4 is 23.6 Å². The van der Waals surface area contributed by atoms with Crippen molar-refractivity contribution < 1.29 is 9.59 Å². The van der Waals surface area contributed by atoms with Gasteiger partial charge in [0.1, 0.15) is 0 Å². The summed E-state index contributed by atoms with van der Waals surface area (Å²) in [5, 5.41) is 3.19. The fourth-order valence-corrected chi connectivity index (χ4v) is 4.57. The lowest BCUT2D eigenvalue weighted by Crippen LogP contribution is -2.36. The first-order valence-corrected chi connectivity index (χ1v) is 11.6. The zero-order chi connectivity index (χ0) is 21.2. The van der Waals surface area contributed by atoms with Crippen molar-refractivity contribution in [1.29, 1.82) is 0 Å². The molecular weight excluding hydrogens is 396 g/mol. The summed E-state index contributed by atoms with van der Waals surface area (Å²) in [6, 6.07) is 7.74. The van der Waals surface area contributed by atoms with E-state index in [-0.39, 0.29) is 17.9 Å². The van der Waals surface area contributed by atoms with Crippen LogP contribution in [0.2, 0.25) is 0 Å². The molecule has 1 N–H and O–H groups in total. The van der Waals surface area contributed by atoms with Crippen LogP contribution in [0.15, 0.2) is 47.8 Å². The molecular formula is C23H30N4O2S. The number of nitrogens with zero attached hydrogens (tertiary/aromatic N) is 3. The predicted molar refractivity (Wildman–Crippen MR) is 119 cm³/mol. The van der Waals surface area contributed by atoms with E-state index in [4.69, 9.17) is 0 Å². The third-order valence-electron chi connectivity index (χ3n) is 5.31. The van der Waals surface area contributed by atoms with Crippen LogP contribution >= 0.6 is 11.8 Å². The van der Waals surface area contributed by atoms with Gasteiger partial charge in [-0.25, -0.2) is 0 Å². The van der Waals surface area contributed by atoms with Crippen LogP contribution in [0.1, 0.15) is 61.0 Å². The van der Waals surface area contributed by atoms with Crippen molar-refractivity contribution in [2.24, 2.45) is 0 Å². The van der Waals surface area contributed by atoms with E-state index in [1.807, 2.05) is 24.3 Å². The summed E-state index contributed by atoms with van der Waals surface area (Å²) >= 11 is 1.42. The summed E-state index contributed by atoms with van der Waals surface area (Å²) in [4.78, 5) is 36.2. The second-order valence-corrected chi connectivity index (χ2v) is 8.77. The van der Waals surface area contributed by atoms with E-state index < -0.39 is 0 Å². The van der Waals surface area contributed by atoms with E-state index in [1.165, 1.54) is 43.9 Å². The molecule has 0 spiro atoms. The van der Waals surface area contributed by atoms with Gasteiger partial charge in [0.15, 0.2) is 0 Å². The van der Waals surface area contributed by atoms with Gasteiger partial charge in [-0.15, -0.1) is 11.8 Å². The van der Waals surface area contributed by atoms with Gasteiger partial charge in [-0.1, -0.05) is 44.2 Å². The summed E-state index contributed by atoms with van der Waals surface area (Å²) < 4.78 is 0. The standard InChI is InChI=1S/C23H30N4O2S/c1-27(16-19-15-24-13-14-25-19)23(29)20-11-7-8-12-21(20)30-17-22(28)26-18-9-5-3-2-4-6-10-18/h7-8,11-15,18H,2-6,9-10,16-17H2,1H3,(H,26,28). The van der Waals surface area contributed by atoms with E-state index in [1.54, 1.807) is 30.5 Å². The molecule has 30 heavy (non-hydrogen) atoms. The summed E-state index contributed by atoms with van der Waals surface area (Å²) in [6.45, 7) is 0.383. The van der Waals surface area contributed by atoms with Gasteiger partial charge >= 0.3 is 0 Å². The van der Waals surface area contributed by atoms with Crippen LogP contribution in [-0.2, 0) is 11.3 Å². The first kappa shape index (κ1) is 22.3. The molecule has 2 aromatic rings. The van der Waals surface area contributed by atoms with Gasteiger partial charge in [0.05, 0.1) is 29.8 Å². The number of carbonyl (C=O) groups is 2. The predicted octanol–water partition coefficient (Wildman–Crippen LogP) is 4.07. The van der Waals surface area contributed by atoms with Crippen LogP contribution in [0, 0.1) is 0 Å². The molecule has 0 atom stereocenters. The Morgan fingerprint density at radius 2 is 1.83 bits per heavy atom. The lowest BCUT2D eigenvalue weighted by molar-refractivity contribution is -0.119. The molecule has 7 heteroatoms. The Bertz CT molecular complexity index is 823. The van der Waals surface area contributed by atoms with Gasteiger partial charge in [-0.3, -0.25) is 19.6 Å². The largest absolute Gasteiger partial charge is 0.353 e. The SMILES string of the molecule is CN(Cc1cnccn1)C(=O)c1ccccc1SCC(=O)NC1CCCCCCC1. The van der Waals surface area contributed by atoms with Gasteiger partial charge in [-0.05, 0) is 25.0 Å². The number of amides is 2. The summed E-state index contributed by atoms with van der Waals surface area (Å²) in [7, 11) is 1.75. The quantitative estimate of drug-likeness (QED) is 0.676.